The first kappa shape index (κ1) is 14.5. The molecule has 100 valence electrons. The van der Waals surface area contributed by atoms with Crippen LogP contribution in [-0.4, -0.2) is 0 Å². The van der Waals surface area contributed by atoms with Gasteiger partial charge in [-0.15, -0.1) is 11.6 Å². The molecule has 0 unspecified atom stereocenters. The molecule has 0 aliphatic rings. The molecule has 2 aromatic carbocycles. The van der Waals surface area contributed by atoms with Gasteiger partial charge in [-0.05, 0) is 54.8 Å². The Hall–Kier alpha value is -0.890. The quantitative estimate of drug-likeness (QED) is 0.618. The van der Waals surface area contributed by atoms with Gasteiger partial charge in [-0.3, -0.25) is 0 Å². The highest BCUT2D eigenvalue weighted by Gasteiger charge is 2.08. The maximum Gasteiger partial charge on any atom is 0.133 e. The molecule has 0 aromatic heterocycles. The van der Waals surface area contributed by atoms with Crippen LogP contribution in [-0.2, 0) is 5.88 Å². The first-order valence-electron chi connectivity index (χ1n) is 5.80. The molecular weight excluding hydrogens is 303 g/mol. The van der Waals surface area contributed by atoms with E-state index in [1.54, 1.807) is 6.07 Å². The summed E-state index contributed by atoms with van der Waals surface area (Å²) in [5.41, 5.74) is 2.87. The molecule has 2 aromatic rings. The Morgan fingerprint density at radius 1 is 1.00 bits per heavy atom. The van der Waals surface area contributed by atoms with Gasteiger partial charge in [-0.25, -0.2) is 0 Å². The molecule has 0 heterocycles. The van der Waals surface area contributed by atoms with Crippen molar-refractivity contribution in [2.24, 2.45) is 0 Å². The van der Waals surface area contributed by atoms with Crippen molar-refractivity contribution in [3.8, 4) is 11.5 Å². The van der Waals surface area contributed by atoms with Gasteiger partial charge in [0.15, 0.2) is 0 Å². The van der Waals surface area contributed by atoms with Gasteiger partial charge in [0.05, 0.1) is 0 Å². The number of alkyl halides is 1. The monoisotopic (exact) mass is 314 g/mol. The summed E-state index contributed by atoms with van der Waals surface area (Å²) < 4.78 is 5.89. The Morgan fingerprint density at radius 3 is 2.16 bits per heavy atom. The van der Waals surface area contributed by atoms with Crippen LogP contribution in [0.25, 0.3) is 0 Å². The summed E-state index contributed by atoms with van der Waals surface area (Å²) in [4.78, 5) is 0. The fraction of sp³-hybridized carbons (Fsp3) is 0.200. The van der Waals surface area contributed by atoms with Crippen LogP contribution in [0.1, 0.15) is 16.7 Å². The third-order valence-electron chi connectivity index (χ3n) is 2.81. The molecule has 0 amide bonds. The lowest BCUT2D eigenvalue weighted by Crippen LogP contribution is -1.92. The van der Waals surface area contributed by atoms with Gasteiger partial charge in [0, 0.05) is 15.9 Å². The molecule has 0 atom stereocenters. The largest absolute Gasteiger partial charge is 0.457 e. The molecule has 0 saturated heterocycles. The number of hydrogen-bond acceptors (Lipinski definition) is 1. The van der Waals surface area contributed by atoms with Crippen molar-refractivity contribution in [1.82, 2.24) is 0 Å². The molecule has 0 spiro atoms. The average molecular weight is 316 g/mol. The number of benzene rings is 2. The Morgan fingerprint density at radius 2 is 1.63 bits per heavy atom. The Labute approximate surface area is 128 Å². The van der Waals surface area contributed by atoms with Crippen LogP contribution < -0.4 is 4.74 Å². The lowest BCUT2D eigenvalue weighted by Gasteiger charge is -2.13. The molecule has 0 N–H and O–H groups in total. The molecule has 0 aliphatic carbocycles. The predicted octanol–water partition coefficient (Wildman–Crippen LogP) is 6.14. The minimum absolute atomic E-state index is 0.387. The van der Waals surface area contributed by atoms with E-state index in [1.807, 2.05) is 38.1 Å². The summed E-state index contributed by atoms with van der Waals surface area (Å²) in [5.74, 6) is 1.88. The van der Waals surface area contributed by atoms with E-state index in [9.17, 15) is 0 Å². The van der Waals surface area contributed by atoms with Crippen molar-refractivity contribution < 1.29 is 4.74 Å². The van der Waals surface area contributed by atoms with Crippen molar-refractivity contribution in [2.75, 3.05) is 0 Å². The van der Waals surface area contributed by atoms with Crippen LogP contribution in [0.3, 0.4) is 0 Å². The summed E-state index contributed by atoms with van der Waals surface area (Å²) in [6.07, 6.45) is 0. The number of hydrogen-bond donors (Lipinski definition) is 0. The maximum atomic E-state index is 6.11. The highest BCUT2D eigenvalue weighted by atomic mass is 35.5. The predicted molar refractivity (Wildman–Crippen MR) is 82.0 cm³/mol. The van der Waals surface area contributed by atoms with Gasteiger partial charge in [0.25, 0.3) is 0 Å². The zero-order valence-corrected chi connectivity index (χ0v) is 12.9. The standard InChI is InChI=1S/C15H13Cl3O/c1-9-5-12(17)6-10(2)15(9)19-13-4-3-11(8-16)14(18)7-13/h3-7H,8H2,1-2H3. The van der Waals surface area contributed by atoms with E-state index in [0.29, 0.717) is 21.7 Å². The zero-order chi connectivity index (χ0) is 14.0. The van der Waals surface area contributed by atoms with Crippen LogP contribution >= 0.6 is 34.8 Å². The van der Waals surface area contributed by atoms with E-state index in [0.717, 1.165) is 22.4 Å². The average Bonchev–Trinajstić information content (AvgIpc) is 2.34. The first-order chi connectivity index (χ1) is 9.01. The normalized spacial score (nSPS) is 10.6. The number of aryl methyl sites for hydroxylation is 2. The molecule has 19 heavy (non-hydrogen) atoms. The molecule has 0 fully saturated rings. The Bertz CT molecular complexity index is 585. The van der Waals surface area contributed by atoms with E-state index in [4.69, 9.17) is 39.5 Å². The third-order valence-corrected chi connectivity index (χ3v) is 3.67. The van der Waals surface area contributed by atoms with Crippen LogP contribution in [0.2, 0.25) is 10.0 Å². The Balaban J connectivity index is 2.34. The lowest BCUT2D eigenvalue weighted by molar-refractivity contribution is 0.475. The topological polar surface area (TPSA) is 9.23 Å². The lowest BCUT2D eigenvalue weighted by atomic mass is 10.1. The summed E-state index contributed by atoms with van der Waals surface area (Å²) in [6.45, 7) is 3.92. The van der Waals surface area contributed by atoms with Gasteiger partial charge < -0.3 is 4.74 Å². The van der Waals surface area contributed by atoms with Gasteiger partial charge in [-0.2, -0.15) is 0 Å². The molecular formula is C15H13Cl3O. The molecule has 1 nitrogen and oxygen atoms in total. The highest BCUT2D eigenvalue weighted by Crippen LogP contribution is 2.33. The molecule has 0 bridgehead atoms. The molecule has 0 aliphatic heterocycles. The smallest absolute Gasteiger partial charge is 0.133 e. The van der Waals surface area contributed by atoms with Crippen molar-refractivity contribution >= 4 is 34.8 Å². The second-order valence-electron chi connectivity index (χ2n) is 4.36. The number of rotatable bonds is 3. The van der Waals surface area contributed by atoms with Crippen molar-refractivity contribution in [2.45, 2.75) is 19.7 Å². The first-order valence-corrected chi connectivity index (χ1v) is 7.09. The van der Waals surface area contributed by atoms with Crippen molar-refractivity contribution in [1.29, 1.82) is 0 Å². The maximum absolute atomic E-state index is 6.11. The summed E-state index contributed by atoms with van der Waals surface area (Å²) >= 11 is 17.9. The van der Waals surface area contributed by atoms with Crippen LogP contribution in [0, 0.1) is 13.8 Å². The minimum Gasteiger partial charge on any atom is -0.457 e. The molecule has 4 heteroatoms. The van der Waals surface area contributed by atoms with E-state index < -0.39 is 0 Å². The van der Waals surface area contributed by atoms with E-state index >= 15 is 0 Å². The fourth-order valence-corrected chi connectivity index (χ4v) is 2.74. The van der Waals surface area contributed by atoms with Gasteiger partial charge in [0.2, 0.25) is 0 Å². The van der Waals surface area contributed by atoms with Crippen LogP contribution in [0.4, 0.5) is 0 Å². The van der Waals surface area contributed by atoms with E-state index in [1.165, 1.54) is 0 Å². The molecule has 0 radical (unpaired) electrons. The number of halogens is 3. The SMILES string of the molecule is Cc1cc(Cl)cc(C)c1Oc1ccc(CCl)c(Cl)c1. The molecule has 2 rings (SSSR count). The summed E-state index contributed by atoms with van der Waals surface area (Å²) in [6, 6.07) is 9.24. The second-order valence-corrected chi connectivity index (χ2v) is 5.47. The van der Waals surface area contributed by atoms with Crippen molar-refractivity contribution in [3.05, 3.63) is 57.1 Å². The zero-order valence-electron chi connectivity index (χ0n) is 10.6. The van der Waals surface area contributed by atoms with E-state index in [-0.39, 0.29) is 0 Å². The fourth-order valence-electron chi connectivity index (χ4n) is 1.88. The van der Waals surface area contributed by atoms with Gasteiger partial charge in [-0.1, -0.05) is 29.3 Å². The number of ether oxygens (including phenoxy) is 1. The second kappa shape index (κ2) is 6.04. The van der Waals surface area contributed by atoms with E-state index in [2.05, 4.69) is 0 Å². The summed E-state index contributed by atoms with van der Waals surface area (Å²) in [5, 5.41) is 1.31. The summed E-state index contributed by atoms with van der Waals surface area (Å²) in [7, 11) is 0. The van der Waals surface area contributed by atoms with Crippen LogP contribution in [0.15, 0.2) is 30.3 Å². The molecule has 0 saturated carbocycles. The van der Waals surface area contributed by atoms with Crippen LogP contribution in [0.5, 0.6) is 11.5 Å². The Kier molecular flexibility index (Phi) is 4.62. The van der Waals surface area contributed by atoms with Crippen molar-refractivity contribution in [3.63, 3.8) is 0 Å². The van der Waals surface area contributed by atoms with Gasteiger partial charge >= 0.3 is 0 Å². The highest BCUT2D eigenvalue weighted by molar-refractivity contribution is 6.32. The van der Waals surface area contributed by atoms with Gasteiger partial charge in [0.1, 0.15) is 11.5 Å². The third kappa shape index (κ3) is 3.36. The minimum atomic E-state index is 0.387.